The molecule has 0 fully saturated rings. The predicted octanol–water partition coefficient (Wildman–Crippen LogP) is 4.07. The molecule has 1 aromatic rings. The summed E-state index contributed by atoms with van der Waals surface area (Å²) in [5, 5.41) is 11.3. The molecule has 17 heavy (non-hydrogen) atoms. The van der Waals surface area contributed by atoms with Gasteiger partial charge in [0.25, 0.3) is 0 Å². The van der Waals surface area contributed by atoms with Gasteiger partial charge in [0.05, 0.1) is 28.8 Å². The Bertz CT molecular complexity index is 437. The number of anilines is 1. The van der Waals surface area contributed by atoms with Crippen molar-refractivity contribution in [1.29, 1.82) is 5.26 Å². The first-order valence-corrected chi connectivity index (χ1v) is 5.22. The van der Waals surface area contributed by atoms with Gasteiger partial charge in [-0.2, -0.15) is 18.4 Å². The van der Waals surface area contributed by atoms with Gasteiger partial charge in [0, 0.05) is 6.04 Å². The van der Waals surface area contributed by atoms with Gasteiger partial charge in [-0.05, 0) is 25.1 Å². The van der Waals surface area contributed by atoms with Crippen LogP contribution in [0.25, 0.3) is 0 Å². The van der Waals surface area contributed by atoms with Crippen LogP contribution < -0.4 is 5.32 Å². The average molecular weight is 263 g/mol. The van der Waals surface area contributed by atoms with Crippen molar-refractivity contribution in [2.24, 2.45) is 0 Å². The summed E-state index contributed by atoms with van der Waals surface area (Å²) in [6.45, 7) is 1.75. The number of alkyl halides is 3. The molecular weight excluding hydrogens is 253 g/mol. The van der Waals surface area contributed by atoms with Crippen LogP contribution in [-0.4, -0.2) is 6.04 Å². The fourth-order valence-corrected chi connectivity index (χ4v) is 1.50. The quantitative estimate of drug-likeness (QED) is 0.891. The third kappa shape index (κ3) is 3.82. The van der Waals surface area contributed by atoms with E-state index in [-0.39, 0.29) is 17.5 Å². The van der Waals surface area contributed by atoms with Gasteiger partial charge in [-0.25, -0.2) is 0 Å². The standard InChI is InChI=1S/C11H10ClF3N2/c1-7(4-5-16)17-10-3-2-8(6-9(10)12)11(13,14)15/h2-3,6-7,17H,4H2,1H3. The Morgan fingerprint density at radius 2 is 2.12 bits per heavy atom. The summed E-state index contributed by atoms with van der Waals surface area (Å²) in [7, 11) is 0. The molecule has 0 aromatic heterocycles. The molecule has 0 bridgehead atoms. The van der Waals surface area contributed by atoms with Crippen molar-refractivity contribution in [3.8, 4) is 6.07 Å². The van der Waals surface area contributed by atoms with E-state index < -0.39 is 11.7 Å². The number of rotatable bonds is 3. The highest BCUT2D eigenvalue weighted by Gasteiger charge is 2.30. The van der Waals surface area contributed by atoms with Gasteiger partial charge in [-0.3, -0.25) is 0 Å². The fraction of sp³-hybridized carbons (Fsp3) is 0.364. The maximum Gasteiger partial charge on any atom is 0.416 e. The Labute approximate surface area is 102 Å². The summed E-state index contributed by atoms with van der Waals surface area (Å²) < 4.78 is 37.1. The molecular formula is C11H10ClF3N2. The van der Waals surface area contributed by atoms with Crippen molar-refractivity contribution >= 4 is 17.3 Å². The predicted molar refractivity (Wildman–Crippen MR) is 59.8 cm³/mol. The zero-order valence-corrected chi connectivity index (χ0v) is 9.73. The topological polar surface area (TPSA) is 35.8 Å². The Morgan fingerprint density at radius 3 is 2.59 bits per heavy atom. The summed E-state index contributed by atoms with van der Waals surface area (Å²) in [6, 6.07) is 4.86. The second kappa shape index (κ2) is 5.28. The molecule has 0 aliphatic carbocycles. The molecule has 0 aliphatic rings. The first-order chi connectivity index (χ1) is 7.84. The molecule has 2 nitrogen and oxygen atoms in total. The molecule has 6 heteroatoms. The van der Waals surface area contributed by atoms with E-state index >= 15 is 0 Å². The van der Waals surface area contributed by atoms with Gasteiger partial charge < -0.3 is 5.32 Å². The zero-order chi connectivity index (χ0) is 13.1. The van der Waals surface area contributed by atoms with Crippen molar-refractivity contribution in [1.82, 2.24) is 0 Å². The van der Waals surface area contributed by atoms with Crippen LogP contribution in [0.15, 0.2) is 18.2 Å². The Morgan fingerprint density at radius 1 is 1.47 bits per heavy atom. The van der Waals surface area contributed by atoms with Crippen LogP contribution >= 0.6 is 11.6 Å². The molecule has 1 rings (SSSR count). The van der Waals surface area contributed by atoms with Crippen LogP contribution in [0, 0.1) is 11.3 Å². The molecule has 0 spiro atoms. The van der Waals surface area contributed by atoms with Crippen LogP contribution in [0.5, 0.6) is 0 Å². The molecule has 1 unspecified atom stereocenters. The first kappa shape index (κ1) is 13.7. The number of nitrogens with one attached hydrogen (secondary N) is 1. The van der Waals surface area contributed by atoms with E-state index in [0.29, 0.717) is 5.69 Å². The van der Waals surface area contributed by atoms with Crippen LogP contribution in [-0.2, 0) is 6.18 Å². The minimum atomic E-state index is -4.40. The van der Waals surface area contributed by atoms with E-state index in [0.717, 1.165) is 12.1 Å². The first-order valence-electron chi connectivity index (χ1n) is 4.85. The van der Waals surface area contributed by atoms with Gasteiger partial charge in [0.1, 0.15) is 0 Å². The molecule has 0 aliphatic heterocycles. The molecule has 1 aromatic carbocycles. The van der Waals surface area contributed by atoms with Crippen LogP contribution in [0.4, 0.5) is 18.9 Å². The van der Waals surface area contributed by atoms with Crippen molar-refractivity contribution in [3.63, 3.8) is 0 Å². The van der Waals surface area contributed by atoms with Crippen LogP contribution in [0.2, 0.25) is 5.02 Å². The maximum absolute atomic E-state index is 12.4. The van der Waals surface area contributed by atoms with Crippen molar-refractivity contribution in [2.75, 3.05) is 5.32 Å². The summed E-state index contributed by atoms with van der Waals surface area (Å²) in [5.41, 5.74) is -0.400. The maximum atomic E-state index is 12.4. The van der Waals surface area contributed by atoms with E-state index in [2.05, 4.69) is 5.32 Å². The van der Waals surface area contributed by atoms with Gasteiger partial charge in [0.15, 0.2) is 0 Å². The number of hydrogen-bond donors (Lipinski definition) is 1. The molecule has 92 valence electrons. The monoisotopic (exact) mass is 262 g/mol. The molecule has 0 radical (unpaired) electrons. The van der Waals surface area contributed by atoms with Gasteiger partial charge in [0.2, 0.25) is 0 Å². The molecule has 1 N–H and O–H groups in total. The fourth-order valence-electron chi connectivity index (χ4n) is 1.26. The van der Waals surface area contributed by atoms with E-state index in [4.69, 9.17) is 16.9 Å². The highest BCUT2D eigenvalue weighted by molar-refractivity contribution is 6.33. The number of nitrogens with zero attached hydrogens (tertiary/aromatic N) is 1. The van der Waals surface area contributed by atoms with E-state index in [1.807, 2.05) is 6.07 Å². The second-order valence-electron chi connectivity index (χ2n) is 3.60. The minimum Gasteiger partial charge on any atom is -0.380 e. The van der Waals surface area contributed by atoms with Gasteiger partial charge in [-0.15, -0.1) is 0 Å². The number of benzene rings is 1. The van der Waals surface area contributed by atoms with Crippen molar-refractivity contribution in [2.45, 2.75) is 25.6 Å². The lowest BCUT2D eigenvalue weighted by atomic mass is 10.1. The van der Waals surface area contributed by atoms with Gasteiger partial charge in [-0.1, -0.05) is 11.6 Å². The van der Waals surface area contributed by atoms with Crippen LogP contribution in [0.1, 0.15) is 18.9 Å². The highest BCUT2D eigenvalue weighted by Crippen LogP contribution is 2.33. The summed E-state index contributed by atoms with van der Waals surface area (Å²) in [6.07, 6.45) is -4.15. The largest absolute Gasteiger partial charge is 0.416 e. The average Bonchev–Trinajstić information content (AvgIpc) is 2.20. The zero-order valence-electron chi connectivity index (χ0n) is 8.98. The summed E-state index contributed by atoms with van der Waals surface area (Å²) >= 11 is 5.73. The second-order valence-corrected chi connectivity index (χ2v) is 4.01. The lowest BCUT2D eigenvalue weighted by Gasteiger charge is -2.15. The third-order valence-electron chi connectivity index (χ3n) is 2.10. The van der Waals surface area contributed by atoms with E-state index in [9.17, 15) is 13.2 Å². The number of halogens is 4. The highest BCUT2D eigenvalue weighted by atomic mass is 35.5. The summed E-state index contributed by atoms with van der Waals surface area (Å²) in [5.74, 6) is 0. The van der Waals surface area contributed by atoms with Crippen LogP contribution in [0.3, 0.4) is 0 Å². The number of hydrogen-bond acceptors (Lipinski definition) is 2. The summed E-state index contributed by atoms with van der Waals surface area (Å²) in [4.78, 5) is 0. The Hall–Kier alpha value is -1.41. The van der Waals surface area contributed by atoms with Crippen molar-refractivity contribution < 1.29 is 13.2 Å². The third-order valence-corrected chi connectivity index (χ3v) is 2.41. The van der Waals surface area contributed by atoms with Gasteiger partial charge >= 0.3 is 6.18 Å². The SMILES string of the molecule is CC(CC#N)Nc1ccc(C(F)(F)F)cc1Cl. The van der Waals surface area contributed by atoms with Crippen molar-refractivity contribution in [3.05, 3.63) is 28.8 Å². The molecule has 0 saturated heterocycles. The molecule has 0 heterocycles. The Balaban J connectivity index is 2.88. The lowest BCUT2D eigenvalue weighted by Crippen LogP contribution is -2.14. The lowest BCUT2D eigenvalue weighted by molar-refractivity contribution is -0.137. The normalized spacial score (nSPS) is 12.9. The minimum absolute atomic E-state index is 0.00962. The number of nitriles is 1. The Kier molecular flexibility index (Phi) is 4.24. The molecule has 1 atom stereocenters. The van der Waals surface area contributed by atoms with E-state index in [1.54, 1.807) is 6.92 Å². The van der Waals surface area contributed by atoms with E-state index in [1.165, 1.54) is 6.07 Å². The smallest absolute Gasteiger partial charge is 0.380 e. The molecule has 0 amide bonds. The molecule has 0 saturated carbocycles.